The Morgan fingerprint density at radius 1 is 1.29 bits per heavy atom. The van der Waals surface area contributed by atoms with Crippen LogP contribution in [0, 0.1) is 12.9 Å². The number of anilines is 1. The van der Waals surface area contributed by atoms with Crippen molar-refractivity contribution in [3.8, 4) is 0 Å². The van der Waals surface area contributed by atoms with Crippen LogP contribution in [0.1, 0.15) is 15.9 Å². The van der Waals surface area contributed by atoms with Crippen molar-refractivity contribution in [2.75, 3.05) is 5.32 Å². The van der Waals surface area contributed by atoms with Crippen molar-refractivity contribution < 1.29 is 17.6 Å². The molecule has 0 saturated heterocycles. The number of hydrogen-bond acceptors (Lipinski definition) is 4. The van der Waals surface area contributed by atoms with Crippen LogP contribution in [0.3, 0.4) is 0 Å². The Bertz CT molecular complexity index is 789. The average molecular weight is 309 g/mol. The summed E-state index contributed by atoms with van der Waals surface area (Å²) in [4.78, 5) is 15.2. The number of benzene rings is 1. The highest BCUT2D eigenvalue weighted by Crippen LogP contribution is 2.19. The molecule has 1 aromatic heterocycles. The van der Waals surface area contributed by atoms with E-state index in [-0.39, 0.29) is 16.1 Å². The van der Waals surface area contributed by atoms with Gasteiger partial charge in [-0.25, -0.2) is 18.5 Å². The summed E-state index contributed by atoms with van der Waals surface area (Å²) in [6, 6.07) is 6.66. The average Bonchev–Trinajstić information content (AvgIpc) is 2.40. The van der Waals surface area contributed by atoms with Crippen LogP contribution in [0.25, 0.3) is 0 Å². The van der Waals surface area contributed by atoms with Crippen molar-refractivity contribution in [2.24, 2.45) is 5.14 Å². The highest BCUT2D eigenvalue weighted by Gasteiger charge is 2.14. The van der Waals surface area contributed by atoms with Gasteiger partial charge in [-0.2, -0.15) is 4.39 Å². The van der Waals surface area contributed by atoms with Gasteiger partial charge in [0.2, 0.25) is 16.0 Å². The number of amides is 1. The molecule has 6 nitrogen and oxygen atoms in total. The lowest BCUT2D eigenvalue weighted by Crippen LogP contribution is -2.16. The van der Waals surface area contributed by atoms with Crippen molar-refractivity contribution in [1.29, 1.82) is 0 Å². The van der Waals surface area contributed by atoms with Crippen LogP contribution in [0.5, 0.6) is 0 Å². The van der Waals surface area contributed by atoms with E-state index in [4.69, 9.17) is 5.14 Å². The van der Waals surface area contributed by atoms with Gasteiger partial charge >= 0.3 is 0 Å². The van der Waals surface area contributed by atoms with Gasteiger partial charge in [-0.15, -0.1) is 0 Å². The fourth-order valence-electron chi connectivity index (χ4n) is 1.70. The Kier molecular flexibility index (Phi) is 4.01. The summed E-state index contributed by atoms with van der Waals surface area (Å²) in [5, 5.41) is 7.59. The fourth-order valence-corrected chi connectivity index (χ4v) is 2.51. The summed E-state index contributed by atoms with van der Waals surface area (Å²) in [7, 11) is -3.88. The Morgan fingerprint density at radius 3 is 2.57 bits per heavy atom. The maximum absolute atomic E-state index is 12.7. The molecule has 21 heavy (non-hydrogen) atoms. The fraction of sp³-hybridized carbons (Fsp3) is 0.0769. The van der Waals surface area contributed by atoms with Gasteiger partial charge < -0.3 is 5.32 Å². The molecule has 3 N–H and O–H groups in total. The molecule has 0 unspecified atom stereocenters. The number of pyridine rings is 1. The lowest BCUT2D eigenvalue weighted by atomic mass is 10.2. The molecule has 110 valence electrons. The van der Waals surface area contributed by atoms with E-state index in [9.17, 15) is 17.6 Å². The lowest BCUT2D eigenvalue weighted by molar-refractivity contribution is 0.102. The van der Waals surface area contributed by atoms with Crippen molar-refractivity contribution in [3.63, 3.8) is 0 Å². The topological polar surface area (TPSA) is 102 Å². The van der Waals surface area contributed by atoms with Gasteiger partial charge in [0.1, 0.15) is 0 Å². The minimum Gasteiger partial charge on any atom is -0.322 e. The van der Waals surface area contributed by atoms with E-state index in [1.54, 1.807) is 13.0 Å². The van der Waals surface area contributed by atoms with Gasteiger partial charge in [-0.3, -0.25) is 4.79 Å². The summed E-state index contributed by atoms with van der Waals surface area (Å²) >= 11 is 0. The zero-order chi connectivity index (χ0) is 15.6. The standard InChI is InChI=1S/C13H12FN3O3S/c1-8-2-4-10(6-11(8)21(15,19)20)17-13(18)9-3-5-12(14)16-7-9/h2-7H,1H3,(H,17,18)(H2,15,19,20). The first-order chi connectivity index (χ1) is 9.77. The maximum atomic E-state index is 12.7. The van der Waals surface area contributed by atoms with Gasteiger partial charge in [0.25, 0.3) is 5.91 Å². The highest BCUT2D eigenvalue weighted by atomic mass is 32.2. The predicted octanol–water partition coefficient (Wildman–Crippen LogP) is 1.43. The lowest BCUT2D eigenvalue weighted by Gasteiger charge is -2.08. The molecule has 2 aromatic rings. The Labute approximate surface area is 120 Å². The van der Waals surface area contributed by atoms with Crippen LogP contribution >= 0.6 is 0 Å². The van der Waals surface area contributed by atoms with E-state index in [0.717, 1.165) is 12.3 Å². The summed E-state index contributed by atoms with van der Waals surface area (Å²) in [6.45, 7) is 1.59. The molecule has 0 saturated carbocycles. The molecular weight excluding hydrogens is 297 g/mol. The van der Waals surface area contributed by atoms with Gasteiger partial charge in [-0.05, 0) is 36.8 Å². The zero-order valence-electron chi connectivity index (χ0n) is 11.0. The van der Waals surface area contributed by atoms with Gasteiger partial charge in [0, 0.05) is 11.9 Å². The summed E-state index contributed by atoms with van der Waals surface area (Å²) in [6.07, 6.45) is 1.08. The monoisotopic (exact) mass is 309 g/mol. The van der Waals surface area contributed by atoms with Crippen LogP contribution in [-0.4, -0.2) is 19.3 Å². The van der Waals surface area contributed by atoms with Crippen molar-refractivity contribution >= 4 is 21.6 Å². The molecule has 2 rings (SSSR count). The molecule has 1 aromatic carbocycles. The number of halogens is 1. The SMILES string of the molecule is Cc1ccc(NC(=O)c2ccc(F)nc2)cc1S(N)(=O)=O. The molecule has 0 aliphatic rings. The molecular formula is C13H12FN3O3S. The van der Waals surface area contributed by atoms with E-state index >= 15 is 0 Å². The van der Waals surface area contributed by atoms with E-state index in [0.29, 0.717) is 5.56 Å². The number of hydrogen-bond donors (Lipinski definition) is 2. The molecule has 0 aliphatic carbocycles. The number of nitrogens with zero attached hydrogens (tertiary/aromatic N) is 1. The Hall–Kier alpha value is -2.32. The Morgan fingerprint density at radius 2 is 2.00 bits per heavy atom. The molecule has 0 fully saturated rings. The largest absolute Gasteiger partial charge is 0.322 e. The maximum Gasteiger partial charge on any atom is 0.257 e. The smallest absolute Gasteiger partial charge is 0.257 e. The second-order valence-electron chi connectivity index (χ2n) is 4.35. The second kappa shape index (κ2) is 5.58. The molecule has 0 bridgehead atoms. The zero-order valence-corrected chi connectivity index (χ0v) is 11.8. The van der Waals surface area contributed by atoms with Crippen molar-refractivity contribution in [1.82, 2.24) is 4.98 Å². The van der Waals surface area contributed by atoms with Gasteiger partial charge in [0.05, 0.1) is 10.5 Å². The first-order valence-corrected chi connectivity index (χ1v) is 7.38. The molecule has 1 heterocycles. The Balaban J connectivity index is 2.28. The van der Waals surface area contributed by atoms with E-state index in [1.165, 1.54) is 18.2 Å². The summed E-state index contributed by atoms with van der Waals surface area (Å²) in [5.74, 6) is -1.23. The number of sulfonamides is 1. The van der Waals surface area contributed by atoms with E-state index in [2.05, 4.69) is 10.3 Å². The molecule has 0 radical (unpaired) electrons. The minimum atomic E-state index is -3.88. The van der Waals surface area contributed by atoms with Gasteiger partial charge in [0.15, 0.2) is 0 Å². The van der Waals surface area contributed by atoms with Crippen molar-refractivity contribution in [3.05, 3.63) is 53.6 Å². The number of nitrogens with two attached hydrogens (primary N) is 1. The van der Waals surface area contributed by atoms with Crippen LogP contribution < -0.4 is 10.5 Å². The van der Waals surface area contributed by atoms with Crippen LogP contribution in [0.4, 0.5) is 10.1 Å². The van der Waals surface area contributed by atoms with E-state index in [1.807, 2.05) is 0 Å². The van der Waals surface area contributed by atoms with E-state index < -0.39 is 21.9 Å². The number of nitrogens with one attached hydrogen (secondary N) is 1. The summed E-state index contributed by atoms with van der Waals surface area (Å²) in [5.41, 5.74) is 0.882. The number of aromatic nitrogens is 1. The molecule has 1 amide bonds. The first kappa shape index (κ1) is 15.1. The number of carbonyl (C=O) groups excluding carboxylic acids is 1. The number of carbonyl (C=O) groups is 1. The normalized spacial score (nSPS) is 11.2. The number of rotatable bonds is 3. The highest BCUT2D eigenvalue weighted by molar-refractivity contribution is 7.89. The third kappa shape index (κ3) is 3.61. The number of aryl methyl sites for hydroxylation is 1. The second-order valence-corrected chi connectivity index (χ2v) is 5.88. The quantitative estimate of drug-likeness (QED) is 0.837. The molecule has 0 aliphatic heterocycles. The van der Waals surface area contributed by atoms with Crippen LogP contribution in [0.15, 0.2) is 41.4 Å². The first-order valence-electron chi connectivity index (χ1n) is 5.84. The third-order valence-corrected chi connectivity index (χ3v) is 3.79. The van der Waals surface area contributed by atoms with Gasteiger partial charge in [-0.1, -0.05) is 6.07 Å². The predicted molar refractivity (Wildman–Crippen MR) is 74.7 cm³/mol. The van der Waals surface area contributed by atoms with Crippen LogP contribution in [0.2, 0.25) is 0 Å². The van der Waals surface area contributed by atoms with Crippen molar-refractivity contribution in [2.45, 2.75) is 11.8 Å². The molecule has 8 heteroatoms. The summed E-state index contributed by atoms with van der Waals surface area (Å²) < 4.78 is 35.5. The molecule has 0 atom stereocenters. The number of primary sulfonamides is 1. The minimum absolute atomic E-state index is 0.0717. The molecule has 0 spiro atoms. The van der Waals surface area contributed by atoms with Crippen LogP contribution in [-0.2, 0) is 10.0 Å². The third-order valence-electron chi connectivity index (χ3n) is 2.74.